The number of hydrogen-bond donors (Lipinski definition) is 2. The third kappa shape index (κ3) is 3.49. The summed E-state index contributed by atoms with van der Waals surface area (Å²) in [6.07, 6.45) is 1.05. The Morgan fingerprint density at radius 1 is 1.08 bits per heavy atom. The summed E-state index contributed by atoms with van der Waals surface area (Å²) in [6, 6.07) is 9.73. The number of nitriles is 1. The number of rotatable bonds is 6. The van der Waals surface area contributed by atoms with E-state index in [-0.39, 0.29) is 11.4 Å². The number of benzene rings is 1. The molecule has 0 atom stereocenters. The third-order valence-corrected chi connectivity index (χ3v) is 3.77. The average molecular weight is 327 g/mol. The molecule has 2 rings (SSSR count). The van der Waals surface area contributed by atoms with E-state index in [0.29, 0.717) is 6.54 Å². The summed E-state index contributed by atoms with van der Waals surface area (Å²) in [6.45, 7) is 3.42. The summed E-state index contributed by atoms with van der Waals surface area (Å²) < 4.78 is 2.20. The van der Waals surface area contributed by atoms with Crippen LogP contribution in [0.5, 0.6) is 0 Å². The molecule has 126 valence electrons. The van der Waals surface area contributed by atoms with Gasteiger partial charge in [0.05, 0.1) is 0 Å². The van der Waals surface area contributed by atoms with Crippen LogP contribution in [0.3, 0.4) is 0 Å². The lowest BCUT2D eigenvalue weighted by molar-refractivity contribution is 0.685. The van der Waals surface area contributed by atoms with Crippen molar-refractivity contribution in [1.29, 1.82) is 5.26 Å². The molecule has 0 fully saturated rings. The van der Waals surface area contributed by atoms with E-state index in [1.54, 1.807) is 0 Å². The molecule has 7 heteroatoms. The van der Waals surface area contributed by atoms with Crippen LogP contribution in [0.25, 0.3) is 0 Å². The monoisotopic (exact) mass is 327 g/mol. The van der Waals surface area contributed by atoms with Crippen molar-refractivity contribution in [3.8, 4) is 6.07 Å². The molecule has 0 aliphatic heterocycles. The molecule has 0 saturated carbocycles. The van der Waals surface area contributed by atoms with E-state index in [1.165, 1.54) is 18.7 Å². The van der Waals surface area contributed by atoms with E-state index in [0.717, 1.165) is 28.8 Å². The maximum atomic E-state index is 12.0. The van der Waals surface area contributed by atoms with Crippen LogP contribution in [0.1, 0.15) is 24.5 Å². The summed E-state index contributed by atoms with van der Waals surface area (Å²) >= 11 is 0. The average Bonchev–Trinajstić information content (AvgIpc) is 2.61. The van der Waals surface area contributed by atoms with Crippen LogP contribution in [-0.4, -0.2) is 15.7 Å². The minimum atomic E-state index is -0.595. The van der Waals surface area contributed by atoms with E-state index in [9.17, 15) is 14.9 Å². The Morgan fingerprint density at radius 2 is 1.75 bits per heavy atom. The molecule has 7 nitrogen and oxygen atoms in total. The normalized spacial score (nSPS) is 10.2. The lowest BCUT2D eigenvalue weighted by Gasteiger charge is -2.14. The number of aromatic nitrogens is 2. The lowest BCUT2D eigenvalue weighted by Crippen LogP contribution is -2.39. The van der Waals surface area contributed by atoms with Gasteiger partial charge in [-0.1, -0.05) is 19.1 Å². The summed E-state index contributed by atoms with van der Waals surface area (Å²) in [5, 5.41) is 15.5. The summed E-state index contributed by atoms with van der Waals surface area (Å²) in [4.78, 5) is 24.0. The second-order valence-electron chi connectivity index (χ2n) is 5.52. The highest BCUT2D eigenvalue weighted by atomic mass is 16.2. The van der Waals surface area contributed by atoms with Gasteiger partial charge in [-0.2, -0.15) is 5.26 Å². The molecule has 2 N–H and O–H groups in total. The van der Waals surface area contributed by atoms with Gasteiger partial charge in [-0.3, -0.25) is 13.9 Å². The molecule has 1 heterocycles. The lowest BCUT2D eigenvalue weighted by atomic mass is 10.2. The molecule has 0 spiro atoms. The second kappa shape index (κ2) is 7.51. The van der Waals surface area contributed by atoms with E-state index >= 15 is 0 Å². The number of nitrogens with zero attached hydrogens (tertiary/aromatic N) is 3. The van der Waals surface area contributed by atoms with E-state index < -0.39 is 11.2 Å². The Bertz CT molecular complexity index is 872. The maximum Gasteiger partial charge on any atom is 0.332 e. The SMILES string of the molecule is CCCNc1ccc(CNc2c(C#N)c(=O)n(C)c(=O)n2C)cc1. The van der Waals surface area contributed by atoms with Crippen molar-refractivity contribution in [1.82, 2.24) is 9.13 Å². The van der Waals surface area contributed by atoms with E-state index in [4.69, 9.17) is 0 Å². The first-order chi connectivity index (χ1) is 11.5. The summed E-state index contributed by atoms with van der Waals surface area (Å²) in [5.41, 5.74) is 0.886. The zero-order valence-corrected chi connectivity index (χ0v) is 14.1. The fraction of sp³-hybridized carbons (Fsp3) is 0.353. The van der Waals surface area contributed by atoms with Gasteiger partial charge in [-0.25, -0.2) is 4.79 Å². The first-order valence-electron chi connectivity index (χ1n) is 7.76. The van der Waals surface area contributed by atoms with Gasteiger partial charge in [-0.15, -0.1) is 0 Å². The minimum Gasteiger partial charge on any atom is -0.385 e. The first kappa shape index (κ1) is 17.3. The van der Waals surface area contributed by atoms with Gasteiger partial charge in [-0.05, 0) is 24.1 Å². The van der Waals surface area contributed by atoms with Crippen LogP contribution in [0.4, 0.5) is 11.5 Å². The van der Waals surface area contributed by atoms with Gasteiger partial charge in [0.2, 0.25) is 0 Å². The highest BCUT2D eigenvalue weighted by Crippen LogP contribution is 2.13. The number of hydrogen-bond acceptors (Lipinski definition) is 5. The van der Waals surface area contributed by atoms with E-state index in [2.05, 4.69) is 17.6 Å². The van der Waals surface area contributed by atoms with Crippen molar-refractivity contribution in [3.63, 3.8) is 0 Å². The zero-order valence-electron chi connectivity index (χ0n) is 14.1. The Kier molecular flexibility index (Phi) is 5.42. The van der Waals surface area contributed by atoms with Crippen LogP contribution in [0.15, 0.2) is 33.9 Å². The van der Waals surface area contributed by atoms with E-state index in [1.807, 2.05) is 30.3 Å². The highest BCUT2D eigenvalue weighted by molar-refractivity contribution is 5.52. The molecular formula is C17H21N5O2. The number of anilines is 2. The molecule has 0 amide bonds. The number of nitrogens with one attached hydrogen (secondary N) is 2. The fourth-order valence-electron chi connectivity index (χ4n) is 2.35. The minimum absolute atomic E-state index is 0.0687. The Morgan fingerprint density at radius 3 is 2.33 bits per heavy atom. The molecule has 2 aromatic rings. The molecule has 24 heavy (non-hydrogen) atoms. The van der Waals surface area contributed by atoms with Crippen molar-refractivity contribution >= 4 is 11.5 Å². The van der Waals surface area contributed by atoms with Crippen LogP contribution in [0.2, 0.25) is 0 Å². The first-order valence-corrected chi connectivity index (χ1v) is 7.76. The maximum absolute atomic E-state index is 12.0. The molecular weight excluding hydrogens is 306 g/mol. The Hall–Kier alpha value is -3.01. The van der Waals surface area contributed by atoms with Gasteiger partial charge >= 0.3 is 5.69 Å². The quantitative estimate of drug-likeness (QED) is 0.836. The van der Waals surface area contributed by atoms with Crippen molar-refractivity contribution < 1.29 is 0 Å². The van der Waals surface area contributed by atoms with Crippen molar-refractivity contribution in [2.45, 2.75) is 19.9 Å². The van der Waals surface area contributed by atoms with Gasteiger partial charge in [0.1, 0.15) is 11.9 Å². The molecule has 1 aromatic carbocycles. The molecule has 0 unspecified atom stereocenters. The second-order valence-corrected chi connectivity index (χ2v) is 5.52. The summed E-state index contributed by atoms with van der Waals surface area (Å²) in [5.74, 6) is 0.235. The van der Waals surface area contributed by atoms with Crippen molar-refractivity contribution in [2.75, 3.05) is 17.2 Å². The zero-order chi connectivity index (χ0) is 17.7. The van der Waals surface area contributed by atoms with Crippen LogP contribution in [-0.2, 0) is 20.6 Å². The molecule has 1 aromatic heterocycles. The largest absolute Gasteiger partial charge is 0.385 e. The van der Waals surface area contributed by atoms with Crippen molar-refractivity contribution in [3.05, 3.63) is 56.2 Å². The third-order valence-electron chi connectivity index (χ3n) is 3.77. The molecule has 0 aliphatic carbocycles. The van der Waals surface area contributed by atoms with Gasteiger partial charge < -0.3 is 10.6 Å². The van der Waals surface area contributed by atoms with Crippen LogP contribution in [0, 0.1) is 11.3 Å². The Labute approximate surface area is 140 Å². The highest BCUT2D eigenvalue weighted by Gasteiger charge is 2.14. The van der Waals surface area contributed by atoms with Crippen molar-refractivity contribution in [2.24, 2.45) is 14.1 Å². The smallest absolute Gasteiger partial charge is 0.332 e. The Balaban J connectivity index is 2.22. The molecule has 0 saturated heterocycles. The molecule has 0 bridgehead atoms. The molecule has 0 aliphatic rings. The van der Waals surface area contributed by atoms with Crippen LogP contribution < -0.4 is 21.9 Å². The van der Waals surface area contributed by atoms with Gasteiger partial charge in [0, 0.05) is 32.9 Å². The van der Waals surface area contributed by atoms with Gasteiger partial charge in [0.15, 0.2) is 5.56 Å². The van der Waals surface area contributed by atoms with Crippen LogP contribution >= 0.6 is 0 Å². The topological polar surface area (TPSA) is 91.8 Å². The predicted molar refractivity (Wildman–Crippen MR) is 94.2 cm³/mol. The summed E-state index contributed by atoms with van der Waals surface area (Å²) in [7, 11) is 2.89. The standard InChI is InChI=1S/C17H21N5O2/c1-4-9-19-13-7-5-12(6-8-13)11-20-15-14(10-18)16(23)22(3)17(24)21(15)2/h5-8,19-20H,4,9,11H2,1-3H3. The molecule has 0 radical (unpaired) electrons. The van der Waals surface area contributed by atoms with Gasteiger partial charge in [0.25, 0.3) is 5.56 Å². The fourth-order valence-corrected chi connectivity index (χ4v) is 2.35. The predicted octanol–water partition coefficient (Wildman–Crippen LogP) is 1.39.